The first kappa shape index (κ1) is 6.96. The molecule has 0 aliphatic heterocycles. The minimum atomic E-state index is 0.431. The second-order valence-electron chi connectivity index (χ2n) is 1.29. The van der Waals surface area contributed by atoms with Crippen molar-refractivity contribution < 1.29 is 0 Å². The molecule has 0 saturated heterocycles. The standard InChI is InChI=1S/C6H9Br/c1-3-6(4-2)5-7/h3-4,6H,1-2,5H2. The normalized spacial score (nSPS) is 8.86. The molecule has 0 rings (SSSR count). The van der Waals surface area contributed by atoms with Crippen molar-refractivity contribution in [2.45, 2.75) is 0 Å². The predicted octanol–water partition coefficient (Wildman–Crippen LogP) is 2.37. The third kappa shape index (κ3) is 2.63. The van der Waals surface area contributed by atoms with Gasteiger partial charge in [-0.05, 0) is 0 Å². The number of alkyl halides is 1. The van der Waals surface area contributed by atoms with E-state index in [9.17, 15) is 0 Å². The lowest BCUT2D eigenvalue weighted by molar-refractivity contribution is 0.975. The van der Waals surface area contributed by atoms with Crippen molar-refractivity contribution in [1.29, 1.82) is 0 Å². The van der Waals surface area contributed by atoms with Crippen LogP contribution in [0.25, 0.3) is 0 Å². The fourth-order valence-electron chi connectivity index (χ4n) is 0.222. The molecule has 0 spiro atoms. The molecule has 0 aromatic heterocycles. The first-order chi connectivity index (χ1) is 3.35. The molecule has 0 aliphatic rings. The van der Waals surface area contributed by atoms with E-state index in [0.717, 1.165) is 5.33 Å². The highest BCUT2D eigenvalue weighted by atomic mass is 79.9. The van der Waals surface area contributed by atoms with Crippen LogP contribution in [-0.4, -0.2) is 5.33 Å². The quantitative estimate of drug-likeness (QED) is 0.440. The van der Waals surface area contributed by atoms with Gasteiger partial charge in [0.05, 0.1) is 0 Å². The maximum Gasteiger partial charge on any atom is 0.0129 e. The van der Waals surface area contributed by atoms with E-state index in [2.05, 4.69) is 29.1 Å². The molecule has 0 bridgehead atoms. The van der Waals surface area contributed by atoms with Gasteiger partial charge in [0.15, 0.2) is 0 Å². The van der Waals surface area contributed by atoms with E-state index < -0.39 is 0 Å². The first-order valence-corrected chi connectivity index (χ1v) is 3.28. The Morgan fingerprint density at radius 3 is 1.86 bits per heavy atom. The summed E-state index contributed by atoms with van der Waals surface area (Å²) >= 11 is 3.29. The lowest BCUT2D eigenvalue weighted by Gasteiger charge is -1.95. The number of halogens is 1. The van der Waals surface area contributed by atoms with Gasteiger partial charge in [-0.2, -0.15) is 0 Å². The number of hydrogen-bond donors (Lipinski definition) is 0. The van der Waals surface area contributed by atoms with Gasteiger partial charge in [-0.15, -0.1) is 13.2 Å². The molecule has 0 aromatic carbocycles. The van der Waals surface area contributed by atoms with Gasteiger partial charge in [0, 0.05) is 11.2 Å². The van der Waals surface area contributed by atoms with Gasteiger partial charge >= 0.3 is 0 Å². The average Bonchev–Trinajstić information content (AvgIpc) is 1.72. The highest BCUT2D eigenvalue weighted by molar-refractivity contribution is 9.09. The number of rotatable bonds is 3. The van der Waals surface area contributed by atoms with Crippen LogP contribution in [0.3, 0.4) is 0 Å². The van der Waals surface area contributed by atoms with E-state index in [1.54, 1.807) is 0 Å². The van der Waals surface area contributed by atoms with Crippen molar-refractivity contribution in [2.75, 3.05) is 5.33 Å². The second kappa shape index (κ2) is 4.13. The van der Waals surface area contributed by atoms with Crippen LogP contribution >= 0.6 is 15.9 Å². The molecule has 0 fully saturated rings. The van der Waals surface area contributed by atoms with Gasteiger partial charge in [-0.1, -0.05) is 28.1 Å². The highest BCUT2D eigenvalue weighted by Gasteiger charge is 1.89. The van der Waals surface area contributed by atoms with Crippen LogP contribution in [0.5, 0.6) is 0 Å². The van der Waals surface area contributed by atoms with E-state index in [4.69, 9.17) is 0 Å². The second-order valence-corrected chi connectivity index (χ2v) is 1.94. The van der Waals surface area contributed by atoms with E-state index in [1.807, 2.05) is 12.2 Å². The SMILES string of the molecule is C=CC(C=C)CBr. The molecule has 0 radical (unpaired) electrons. The number of hydrogen-bond acceptors (Lipinski definition) is 0. The largest absolute Gasteiger partial charge is 0.102 e. The predicted molar refractivity (Wildman–Crippen MR) is 37.7 cm³/mol. The molecule has 40 valence electrons. The van der Waals surface area contributed by atoms with E-state index in [1.165, 1.54) is 0 Å². The Hall–Kier alpha value is -0.0400. The lowest BCUT2D eigenvalue weighted by atomic mass is 10.2. The van der Waals surface area contributed by atoms with Crippen molar-refractivity contribution >= 4 is 15.9 Å². The van der Waals surface area contributed by atoms with Gasteiger partial charge < -0.3 is 0 Å². The Balaban J connectivity index is 3.36. The summed E-state index contributed by atoms with van der Waals surface area (Å²) in [6, 6.07) is 0. The molecule has 0 heterocycles. The molecule has 0 amide bonds. The van der Waals surface area contributed by atoms with Crippen LogP contribution < -0.4 is 0 Å². The van der Waals surface area contributed by atoms with Gasteiger partial charge in [-0.3, -0.25) is 0 Å². The zero-order chi connectivity index (χ0) is 5.70. The summed E-state index contributed by atoms with van der Waals surface area (Å²) in [5.41, 5.74) is 0. The minimum absolute atomic E-state index is 0.431. The summed E-state index contributed by atoms with van der Waals surface area (Å²) in [5.74, 6) is 0.431. The third-order valence-corrected chi connectivity index (χ3v) is 1.53. The van der Waals surface area contributed by atoms with Gasteiger partial charge in [-0.25, -0.2) is 0 Å². The van der Waals surface area contributed by atoms with Crippen molar-refractivity contribution in [1.82, 2.24) is 0 Å². The van der Waals surface area contributed by atoms with Gasteiger partial charge in [0.25, 0.3) is 0 Å². The third-order valence-electron chi connectivity index (χ3n) is 0.784. The van der Waals surface area contributed by atoms with Crippen LogP contribution in [0.1, 0.15) is 0 Å². The molecule has 0 unspecified atom stereocenters. The van der Waals surface area contributed by atoms with Crippen molar-refractivity contribution in [3.63, 3.8) is 0 Å². The maximum absolute atomic E-state index is 3.60. The van der Waals surface area contributed by atoms with E-state index in [-0.39, 0.29) is 0 Å². The monoisotopic (exact) mass is 160 g/mol. The van der Waals surface area contributed by atoms with Gasteiger partial charge in [0.2, 0.25) is 0 Å². The van der Waals surface area contributed by atoms with E-state index >= 15 is 0 Å². The molecule has 0 aliphatic carbocycles. The Kier molecular flexibility index (Phi) is 4.10. The fourth-order valence-corrected chi connectivity index (χ4v) is 0.751. The topological polar surface area (TPSA) is 0 Å². The van der Waals surface area contributed by atoms with Crippen LogP contribution in [-0.2, 0) is 0 Å². The molecule has 0 N–H and O–H groups in total. The summed E-state index contributed by atoms with van der Waals surface area (Å²) in [6.45, 7) is 7.20. The summed E-state index contributed by atoms with van der Waals surface area (Å²) in [4.78, 5) is 0. The van der Waals surface area contributed by atoms with Crippen LogP contribution in [0.4, 0.5) is 0 Å². The molecular formula is C6H9Br. The van der Waals surface area contributed by atoms with Crippen LogP contribution in [0.2, 0.25) is 0 Å². The van der Waals surface area contributed by atoms with Crippen LogP contribution in [0.15, 0.2) is 25.3 Å². The average molecular weight is 161 g/mol. The van der Waals surface area contributed by atoms with Crippen molar-refractivity contribution in [3.05, 3.63) is 25.3 Å². The molecule has 0 saturated carbocycles. The smallest absolute Gasteiger partial charge is 0.0129 e. The lowest BCUT2D eigenvalue weighted by Crippen LogP contribution is -1.88. The van der Waals surface area contributed by atoms with E-state index in [0.29, 0.717) is 5.92 Å². The summed E-state index contributed by atoms with van der Waals surface area (Å²) < 4.78 is 0. The van der Waals surface area contributed by atoms with Gasteiger partial charge in [0.1, 0.15) is 0 Å². The zero-order valence-corrected chi connectivity index (χ0v) is 5.82. The zero-order valence-electron chi connectivity index (χ0n) is 4.23. The molecule has 7 heavy (non-hydrogen) atoms. The molecule has 1 heteroatoms. The molecule has 0 aromatic rings. The Morgan fingerprint density at radius 1 is 1.43 bits per heavy atom. The molecular weight excluding hydrogens is 152 g/mol. The highest BCUT2D eigenvalue weighted by Crippen LogP contribution is 2.01. The first-order valence-electron chi connectivity index (χ1n) is 2.16. The van der Waals surface area contributed by atoms with Crippen molar-refractivity contribution in [3.8, 4) is 0 Å². The maximum atomic E-state index is 3.60. The Labute approximate surface area is 53.1 Å². The molecule has 0 atom stereocenters. The van der Waals surface area contributed by atoms with Crippen LogP contribution in [0, 0.1) is 5.92 Å². The minimum Gasteiger partial charge on any atom is -0.102 e. The summed E-state index contributed by atoms with van der Waals surface area (Å²) in [6.07, 6.45) is 3.73. The summed E-state index contributed by atoms with van der Waals surface area (Å²) in [5, 5.41) is 0.931. The fraction of sp³-hybridized carbons (Fsp3) is 0.333. The number of allylic oxidation sites excluding steroid dienone is 2. The summed E-state index contributed by atoms with van der Waals surface area (Å²) in [7, 11) is 0. The Bertz CT molecular complexity index is 58.6. The molecule has 0 nitrogen and oxygen atoms in total. The van der Waals surface area contributed by atoms with Crippen molar-refractivity contribution in [2.24, 2.45) is 5.92 Å². The Morgan fingerprint density at radius 2 is 1.86 bits per heavy atom.